The summed E-state index contributed by atoms with van der Waals surface area (Å²) in [6.07, 6.45) is 2.25. The van der Waals surface area contributed by atoms with Crippen molar-refractivity contribution in [1.29, 1.82) is 0 Å². The van der Waals surface area contributed by atoms with Gasteiger partial charge in [0, 0.05) is 26.9 Å². The van der Waals surface area contributed by atoms with Crippen molar-refractivity contribution >= 4 is 0 Å². The number of unbranched alkanes of at least 4 members (excludes halogenated alkanes) is 1. The first kappa shape index (κ1) is 14.8. The number of rotatable bonds is 12. The summed E-state index contributed by atoms with van der Waals surface area (Å²) < 4.78 is 15.5. The third-order valence-corrected chi connectivity index (χ3v) is 1.95. The van der Waals surface area contributed by atoms with E-state index in [1.54, 1.807) is 7.11 Å². The molecule has 0 amide bonds. The van der Waals surface area contributed by atoms with Gasteiger partial charge in [0.15, 0.2) is 0 Å². The molecule has 0 saturated heterocycles. The summed E-state index contributed by atoms with van der Waals surface area (Å²) in [7, 11) is 1.72. The van der Waals surface area contributed by atoms with Crippen molar-refractivity contribution in [1.82, 2.24) is 5.32 Å². The van der Waals surface area contributed by atoms with Crippen LogP contribution in [0.25, 0.3) is 0 Å². The van der Waals surface area contributed by atoms with Crippen LogP contribution in [0.4, 0.5) is 0 Å². The van der Waals surface area contributed by atoms with Crippen LogP contribution >= 0.6 is 0 Å². The fourth-order valence-electron chi connectivity index (χ4n) is 1.12. The molecular formula is C11H25NO3. The van der Waals surface area contributed by atoms with Crippen molar-refractivity contribution in [2.24, 2.45) is 0 Å². The lowest BCUT2D eigenvalue weighted by molar-refractivity contribution is 0.0514. The molecule has 0 heterocycles. The van der Waals surface area contributed by atoms with Gasteiger partial charge in [-0.25, -0.2) is 0 Å². The number of hydrogen-bond acceptors (Lipinski definition) is 4. The van der Waals surface area contributed by atoms with E-state index in [1.165, 1.54) is 0 Å². The lowest BCUT2D eigenvalue weighted by Gasteiger charge is -2.05. The van der Waals surface area contributed by atoms with Gasteiger partial charge in [0.25, 0.3) is 0 Å². The van der Waals surface area contributed by atoms with Gasteiger partial charge in [-0.15, -0.1) is 0 Å². The second kappa shape index (κ2) is 13.8. The van der Waals surface area contributed by atoms with Crippen molar-refractivity contribution in [2.45, 2.75) is 19.8 Å². The minimum Gasteiger partial charge on any atom is -0.383 e. The van der Waals surface area contributed by atoms with Gasteiger partial charge < -0.3 is 19.5 Å². The molecule has 1 N–H and O–H groups in total. The summed E-state index contributed by atoms with van der Waals surface area (Å²) in [6.45, 7) is 7.77. The molecule has 0 aromatic rings. The van der Waals surface area contributed by atoms with Crippen LogP contribution in [0.5, 0.6) is 0 Å². The standard InChI is InChI=1S/C11H25NO3/c1-3-14-10-11-15-8-5-4-6-12-7-9-13-2/h12H,3-11H2,1-2H3. The van der Waals surface area contributed by atoms with Gasteiger partial charge in [-0.2, -0.15) is 0 Å². The quantitative estimate of drug-likeness (QED) is 0.498. The van der Waals surface area contributed by atoms with E-state index < -0.39 is 0 Å². The Morgan fingerprint density at radius 1 is 0.867 bits per heavy atom. The molecule has 4 nitrogen and oxygen atoms in total. The van der Waals surface area contributed by atoms with E-state index in [0.717, 1.165) is 45.8 Å². The Morgan fingerprint density at radius 2 is 1.67 bits per heavy atom. The van der Waals surface area contributed by atoms with E-state index in [2.05, 4.69) is 5.32 Å². The highest BCUT2D eigenvalue weighted by atomic mass is 16.5. The zero-order valence-electron chi connectivity index (χ0n) is 10.1. The average Bonchev–Trinajstić information content (AvgIpc) is 2.26. The molecule has 15 heavy (non-hydrogen) atoms. The normalized spacial score (nSPS) is 10.8. The molecule has 0 radical (unpaired) electrons. The molecule has 0 rings (SSSR count). The van der Waals surface area contributed by atoms with Crippen LogP contribution in [0.1, 0.15) is 19.8 Å². The number of nitrogens with one attached hydrogen (secondary N) is 1. The van der Waals surface area contributed by atoms with Gasteiger partial charge in [0.05, 0.1) is 19.8 Å². The fraction of sp³-hybridized carbons (Fsp3) is 1.00. The zero-order valence-corrected chi connectivity index (χ0v) is 10.1. The van der Waals surface area contributed by atoms with Crippen molar-refractivity contribution in [2.75, 3.05) is 53.2 Å². The van der Waals surface area contributed by atoms with Crippen molar-refractivity contribution in [3.63, 3.8) is 0 Å². The Balaban J connectivity index is 2.81. The SMILES string of the molecule is CCOCCOCCCCNCCOC. The first-order valence-corrected chi connectivity index (χ1v) is 5.77. The third-order valence-electron chi connectivity index (χ3n) is 1.95. The zero-order chi connectivity index (χ0) is 11.2. The van der Waals surface area contributed by atoms with E-state index in [0.29, 0.717) is 13.2 Å². The monoisotopic (exact) mass is 219 g/mol. The summed E-state index contributed by atoms with van der Waals surface area (Å²) >= 11 is 0. The molecule has 0 aliphatic heterocycles. The van der Waals surface area contributed by atoms with Crippen LogP contribution in [0, 0.1) is 0 Å². The Bertz CT molecular complexity index is 100. The van der Waals surface area contributed by atoms with Crippen molar-refractivity contribution in [3.05, 3.63) is 0 Å². The Hall–Kier alpha value is -0.160. The Kier molecular flexibility index (Phi) is 13.7. The molecule has 0 aromatic heterocycles. The fourth-order valence-corrected chi connectivity index (χ4v) is 1.12. The van der Waals surface area contributed by atoms with Gasteiger partial charge in [0.1, 0.15) is 0 Å². The maximum Gasteiger partial charge on any atom is 0.0700 e. The first-order valence-electron chi connectivity index (χ1n) is 5.77. The minimum absolute atomic E-state index is 0.711. The number of ether oxygens (including phenoxy) is 3. The molecule has 4 heteroatoms. The highest BCUT2D eigenvalue weighted by Gasteiger charge is 1.90. The molecule has 0 aliphatic rings. The summed E-state index contributed by atoms with van der Waals surface area (Å²) in [5.74, 6) is 0. The van der Waals surface area contributed by atoms with Crippen LogP contribution in [0.3, 0.4) is 0 Å². The third kappa shape index (κ3) is 13.8. The predicted octanol–water partition coefficient (Wildman–Crippen LogP) is 1.06. The number of hydrogen-bond donors (Lipinski definition) is 1. The lowest BCUT2D eigenvalue weighted by Crippen LogP contribution is -2.20. The second-order valence-electron chi connectivity index (χ2n) is 3.26. The van der Waals surface area contributed by atoms with E-state index >= 15 is 0 Å². The van der Waals surface area contributed by atoms with E-state index in [1.807, 2.05) is 6.92 Å². The Labute approximate surface area is 93.3 Å². The van der Waals surface area contributed by atoms with Crippen molar-refractivity contribution in [3.8, 4) is 0 Å². The summed E-state index contributed by atoms with van der Waals surface area (Å²) in [5.41, 5.74) is 0. The van der Waals surface area contributed by atoms with Crippen LogP contribution in [0.2, 0.25) is 0 Å². The molecule has 0 aromatic carbocycles. The molecule has 0 spiro atoms. The largest absolute Gasteiger partial charge is 0.383 e. The lowest BCUT2D eigenvalue weighted by atomic mass is 10.3. The minimum atomic E-state index is 0.711. The molecule has 0 unspecified atom stereocenters. The molecular weight excluding hydrogens is 194 g/mol. The smallest absolute Gasteiger partial charge is 0.0700 e. The van der Waals surface area contributed by atoms with Gasteiger partial charge in [-0.3, -0.25) is 0 Å². The highest BCUT2D eigenvalue weighted by molar-refractivity contribution is 4.47. The molecule has 0 bridgehead atoms. The van der Waals surface area contributed by atoms with Gasteiger partial charge in [-0.05, 0) is 26.3 Å². The summed E-state index contributed by atoms with van der Waals surface area (Å²) in [5, 5.41) is 3.29. The average molecular weight is 219 g/mol. The second-order valence-corrected chi connectivity index (χ2v) is 3.26. The van der Waals surface area contributed by atoms with E-state index in [9.17, 15) is 0 Å². The van der Waals surface area contributed by atoms with Crippen LogP contribution in [-0.4, -0.2) is 53.2 Å². The number of methoxy groups -OCH3 is 1. The van der Waals surface area contributed by atoms with Gasteiger partial charge >= 0.3 is 0 Å². The summed E-state index contributed by atoms with van der Waals surface area (Å²) in [4.78, 5) is 0. The molecule has 92 valence electrons. The molecule has 0 saturated carbocycles. The summed E-state index contributed by atoms with van der Waals surface area (Å²) in [6, 6.07) is 0. The van der Waals surface area contributed by atoms with Crippen LogP contribution in [-0.2, 0) is 14.2 Å². The van der Waals surface area contributed by atoms with E-state index in [4.69, 9.17) is 14.2 Å². The molecule has 0 atom stereocenters. The van der Waals surface area contributed by atoms with Crippen molar-refractivity contribution < 1.29 is 14.2 Å². The highest BCUT2D eigenvalue weighted by Crippen LogP contribution is 1.88. The molecule has 0 aliphatic carbocycles. The van der Waals surface area contributed by atoms with Gasteiger partial charge in [-0.1, -0.05) is 0 Å². The topological polar surface area (TPSA) is 39.7 Å². The first-order chi connectivity index (χ1) is 7.41. The van der Waals surface area contributed by atoms with Crippen LogP contribution < -0.4 is 5.32 Å². The maximum atomic E-state index is 5.39. The van der Waals surface area contributed by atoms with E-state index in [-0.39, 0.29) is 0 Å². The molecule has 0 fully saturated rings. The predicted molar refractivity (Wildman–Crippen MR) is 61.3 cm³/mol. The van der Waals surface area contributed by atoms with Gasteiger partial charge in [0.2, 0.25) is 0 Å². The van der Waals surface area contributed by atoms with Crippen LogP contribution in [0.15, 0.2) is 0 Å². The Morgan fingerprint density at radius 3 is 2.40 bits per heavy atom. The maximum absolute atomic E-state index is 5.39.